The van der Waals surface area contributed by atoms with E-state index < -0.39 is 0 Å². The third-order valence-electron chi connectivity index (χ3n) is 4.20. The van der Waals surface area contributed by atoms with Gasteiger partial charge in [-0.3, -0.25) is 4.79 Å². The Labute approximate surface area is 125 Å². The van der Waals surface area contributed by atoms with Gasteiger partial charge in [0.15, 0.2) is 0 Å². The molecule has 1 fully saturated rings. The standard InChI is InChI=1S/C18H34O2/c1-2-3-16-20-18(19)13-11-9-7-5-4-6-8-10-12-17-14-15-17/h17H,2-16H2,1H3. The van der Waals surface area contributed by atoms with Gasteiger partial charge in [-0.15, -0.1) is 0 Å². The summed E-state index contributed by atoms with van der Waals surface area (Å²) in [4.78, 5) is 11.4. The van der Waals surface area contributed by atoms with E-state index >= 15 is 0 Å². The maximum atomic E-state index is 11.4. The average Bonchev–Trinajstić information content (AvgIpc) is 3.25. The van der Waals surface area contributed by atoms with Crippen molar-refractivity contribution >= 4 is 5.97 Å². The van der Waals surface area contributed by atoms with Crippen LogP contribution in [0.4, 0.5) is 0 Å². The van der Waals surface area contributed by atoms with Gasteiger partial charge in [-0.25, -0.2) is 0 Å². The largest absolute Gasteiger partial charge is 0.466 e. The third kappa shape index (κ3) is 11.3. The number of ether oxygens (including phenoxy) is 1. The monoisotopic (exact) mass is 282 g/mol. The normalized spacial score (nSPS) is 14.4. The third-order valence-corrected chi connectivity index (χ3v) is 4.20. The van der Waals surface area contributed by atoms with E-state index in [1.807, 2.05) is 0 Å². The lowest BCUT2D eigenvalue weighted by molar-refractivity contribution is -0.143. The van der Waals surface area contributed by atoms with E-state index in [0.717, 1.165) is 25.2 Å². The van der Waals surface area contributed by atoms with E-state index in [9.17, 15) is 4.79 Å². The molecule has 1 aliphatic rings. The van der Waals surface area contributed by atoms with Crippen molar-refractivity contribution in [3.63, 3.8) is 0 Å². The van der Waals surface area contributed by atoms with Crippen molar-refractivity contribution in [1.29, 1.82) is 0 Å². The van der Waals surface area contributed by atoms with Crippen molar-refractivity contribution in [3.05, 3.63) is 0 Å². The fraction of sp³-hybridized carbons (Fsp3) is 0.944. The van der Waals surface area contributed by atoms with Gasteiger partial charge >= 0.3 is 5.97 Å². The average molecular weight is 282 g/mol. The summed E-state index contributed by atoms with van der Waals surface area (Å²) in [5.41, 5.74) is 0. The second-order valence-electron chi connectivity index (χ2n) is 6.38. The predicted molar refractivity (Wildman–Crippen MR) is 84.8 cm³/mol. The summed E-state index contributed by atoms with van der Waals surface area (Å²) in [6.45, 7) is 2.72. The molecule has 118 valence electrons. The molecule has 0 atom stereocenters. The molecule has 0 saturated heterocycles. The van der Waals surface area contributed by atoms with Gasteiger partial charge in [0.2, 0.25) is 0 Å². The number of unbranched alkanes of at least 4 members (excludes halogenated alkanes) is 8. The molecule has 1 rings (SSSR count). The summed E-state index contributed by atoms with van der Waals surface area (Å²) in [6, 6.07) is 0. The van der Waals surface area contributed by atoms with Gasteiger partial charge in [0.25, 0.3) is 0 Å². The van der Waals surface area contributed by atoms with Crippen LogP contribution in [0.1, 0.15) is 96.8 Å². The van der Waals surface area contributed by atoms with E-state index in [2.05, 4.69) is 6.92 Å². The maximum absolute atomic E-state index is 11.4. The lowest BCUT2D eigenvalue weighted by Gasteiger charge is -2.04. The molecular weight excluding hydrogens is 248 g/mol. The molecule has 0 aromatic rings. The molecule has 1 saturated carbocycles. The lowest BCUT2D eigenvalue weighted by Crippen LogP contribution is -2.05. The van der Waals surface area contributed by atoms with Crippen LogP contribution in [0.3, 0.4) is 0 Å². The van der Waals surface area contributed by atoms with Crippen LogP contribution in [0.2, 0.25) is 0 Å². The summed E-state index contributed by atoms with van der Waals surface area (Å²) in [5.74, 6) is 1.10. The maximum Gasteiger partial charge on any atom is 0.305 e. The highest BCUT2D eigenvalue weighted by Gasteiger charge is 2.19. The number of esters is 1. The Balaban J connectivity index is 1.69. The molecular formula is C18H34O2. The second-order valence-corrected chi connectivity index (χ2v) is 6.38. The Morgan fingerprint density at radius 3 is 2.10 bits per heavy atom. The van der Waals surface area contributed by atoms with Crippen LogP contribution >= 0.6 is 0 Å². The minimum absolute atomic E-state index is 0.00136. The van der Waals surface area contributed by atoms with Crippen LogP contribution in [0.15, 0.2) is 0 Å². The Morgan fingerprint density at radius 2 is 1.50 bits per heavy atom. The molecule has 0 amide bonds. The van der Waals surface area contributed by atoms with Crippen LogP contribution in [0.25, 0.3) is 0 Å². The highest BCUT2D eigenvalue weighted by atomic mass is 16.5. The minimum Gasteiger partial charge on any atom is -0.466 e. The molecule has 0 spiro atoms. The zero-order chi connectivity index (χ0) is 14.5. The molecule has 20 heavy (non-hydrogen) atoms. The zero-order valence-electron chi connectivity index (χ0n) is 13.5. The smallest absolute Gasteiger partial charge is 0.305 e. The summed E-state index contributed by atoms with van der Waals surface area (Å²) < 4.78 is 5.14. The fourth-order valence-corrected chi connectivity index (χ4v) is 2.57. The van der Waals surface area contributed by atoms with Crippen molar-refractivity contribution in [2.75, 3.05) is 6.61 Å². The predicted octanol–water partition coefficient (Wildman–Crippen LogP) is 5.64. The summed E-state index contributed by atoms with van der Waals surface area (Å²) in [6.07, 6.45) is 17.7. The number of hydrogen-bond donors (Lipinski definition) is 0. The van der Waals surface area contributed by atoms with Gasteiger partial charge in [0.1, 0.15) is 0 Å². The van der Waals surface area contributed by atoms with Crippen molar-refractivity contribution in [3.8, 4) is 0 Å². The Kier molecular flexibility index (Phi) is 10.7. The van der Waals surface area contributed by atoms with E-state index in [0.29, 0.717) is 13.0 Å². The molecule has 0 aliphatic heterocycles. The first-order valence-corrected chi connectivity index (χ1v) is 8.98. The Bertz CT molecular complexity index is 234. The van der Waals surface area contributed by atoms with Crippen molar-refractivity contribution < 1.29 is 9.53 Å². The van der Waals surface area contributed by atoms with Crippen molar-refractivity contribution in [2.24, 2.45) is 5.92 Å². The molecule has 2 heteroatoms. The minimum atomic E-state index is -0.00136. The van der Waals surface area contributed by atoms with E-state index in [1.54, 1.807) is 0 Å². The van der Waals surface area contributed by atoms with Crippen molar-refractivity contribution in [1.82, 2.24) is 0 Å². The molecule has 0 aromatic carbocycles. The first-order valence-electron chi connectivity index (χ1n) is 8.98. The molecule has 0 bridgehead atoms. The summed E-state index contributed by atoms with van der Waals surface area (Å²) in [7, 11) is 0. The van der Waals surface area contributed by atoms with Gasteiger partial charge < -0.3 is 4.74 Å². The number of hydrogen-bond acceptors (Lipinski definition) is 2. The van der Waals surface area contributed by atoms with Crippen LogP contribution in [0.5, 0.6) is 0 Å². The van der Waals surface area contributed by atoms with Gasteiger partial charge in [-0.05, 0) is 18.8 Å². The fourth-order valence-electron chi connectivity index (χ4n) is 2.57. The van der Waals surface area contributed by atoms with E-state index in [-0.39, 0.29) is 5.97 Å². The summed E-state index contributed by atoms with van der Waals surface area (Å²) in [5, 5.41) is 0. The summed E-state index contributed by atoms with van der Waals surface area (Å²) >= 11 is 0. The SMILES string of the molecule is CCCCOC(=O)CCCCCCCCCCC1CC1. The first-order chi connectivity index (χ1) is 9.83. The van der Waals surface area contributed by atoms with Crippen LogP contribution in [-0.4, -0.2) is 12.6 Å². The highest BCUT2D eigenvalue weighted by molar-refractivity contribution is 5.69. The van der Waals surface area contributed by atoms with Gasteiger partial charge in [-0.1, -0.05) is 77.6 Å². The molecule has 0 unspecified atom stereocenters. The molecule has 0 heterocycles. The zero-order valence-corrected chi connectivity index (χ0v) is 13.5. The molecule has 1 aliphatic carbocycles. The Morgan fingerprint density at radius 1 is 0.900 bits per heavy atom. The number of carbonyl (C=O) groups excluding carboxylic acids is 1. The molecule has 0 N–H and O–H groups in total. The second kappa shape index (κ2) is 12.2. The van der Waals surface area contributed by atoms with E-state index in [1.165, 1.54) is 64.2 Å². The molecule has 0 radical (unpaired) electrons. The van der Waals surface area contributed by atoms with E-state index in [4.69, 9.17) is 4.74 Å². The van der Waals surface area contributed by atoms with Gasteiger partial charge in [0.05, 0.1) is 6.61 Å². The van der Waals surface area contributed by atoms with Gasteiger partial charge in [-0.2, -0.15) is 0 Å². The quantitative estimate of drug-likeness (QED) is 0.304. The van der Waals surface area contributed by atoms with Crippen LogP contribution in [-0.2, 0) is 9.53 Å². The van der Waals surface area contributed by atoms with Gasteiger partial charge in [0, 0.05) is 6.42 Å². The Hall–Kier alpha value is -0.530. The topological polar surface area (TPSA) is 26.3 Å². The molecule has 2 nitrogen and oxygen atoms in total. The first kappa shape index (κ1) is 17.5. The number of carbonyl (C=O) groups is 1. The van der Waals surface area contributed by atoms with Crippen LogP contribution in [0, 0.1) is 5.92 Å². The van der Waals surface area contributed by atoms with Crippen LogP contribution < -0.4 is 0 Å². The highest BCUT2D eigenvalue weighted by Crippen LogP contribution is 2.34. The number of rotatable bonds is 14. The molecule has 0 aromatic heterocycles. The van der Waals surface area contributed by atoms with Crippen molar-refractivity contribution in [2.45, 2.75) is 96.8 Å². The lowest BCUT2D eigenvalue weighted by atomic mass is 10.1.